The first kappa shape index (κ1) is 37.2. The van der Waals surface area contributed by atoms with Gasteiger partial charge in [-0.15, -0.1) is 0 Å². The van der Waals surface area contributed by atoms with Gasteiger partial charge in [0.2, 0.25) is 0 Å². The highest BCUT2D eigenvalue weighted by atomic mass is 16.6. The lowest BCUT2D eigenvalue weighted by atomic mass is 9.93. The Morgan fingerprint density at radius 3 is 1.20 bits per heavy atom. The van der Waals surface area contributed by atoms with Gasteiger partial charge < -0.3 is 33.2 Å². The summed E-state index contributed by atoms with van der Waals surface area (Å²) < 4.78 is 41.6. The molecule has 7 aromatic rings. The molecule has 4 atom stereocenters. The Balaban J connectivity index is 1.31. The number of carbonyl (C=O) groups excluding carboxylic acids is 2. The molecule has 0 aliphatic heterocycles. The summed E-state index contributed by atoms with van der Waals surface area (Å²) in [7, 11) is 7.45. The number of ether oxygens (including phenoxy) is 7. The summed E-state index contributed by atoms with van der Waals surface area (Å²) in [4.78, 5) is 29.0. The molecule has 0 saturated carbocycles. The van der Waals surface area contributed by atoms with Crippen LogP contribution < -0.4 is 14.2 Å². The fourth-order valence-electron chi connectivity index (χ4n) is 7.51. The molecule has 0 bridgehead atoms. The maximum absolute atomic E-state index is 14.6. The number of benzene rings is 7. The minimum absolute atomic E-state index is 0.325. The van der Waals surface area contributed by atoms with Crippen molar-refractivity contribution >= 4 is 55.0 Å². The molecule has 0 aromatic heterocycles. The maximum Gasteiger partial charge on any atom is 0.340 e. The van der Waals surface area contributed by atoms with Crippen LogP contribution >= 0.6 is 0 Å². The van der Waals surface area contributed by atoms with Gasteiger partial charge in [-0.25, -0.2) is 9.59 Å². The molecule has 0 amide bonds. The maximum atomic E-state index is 14.6. The third-order valence-electron chi connectivity index (χ3n) is 10.1. The van der Waals surface area contributed by atoms with E-state index in [1.54, 1.807) is 19.1 Å². The largest absolute Gasteiger partial charge is 0.496 e. The van der Waals surface area contributed by atoms with E-state index >= 15 is 0 Å². The van der Waals surface area contributed by atoms with Crippen molar-refractivity contribution in [2.45, 2.75) is 31.3 Å². The number of hydrogen-bond donors (Lipinski definition) is 0. The van der Waals surface area contributed by atoms with Crippen molar-refractivity contribution in [2.24, 2.45) is 0 Å². The van der Waals surface area contributed by atoms with E-state index in [2.05, 4.69) is 12.1 Å². The summed E-state index contributed by atoms with van der Waals surface area (Å²) in [6.07, 6.45) is -4.53. The van der Waals surface area contributed by atoms with E-state index in [9.17, 15) is 9.59 Å². The van der Waals surface area contributed by atoms with Crippen molar-refractivity contribution in [3.8, 4) is 17.2 Å². The van der Waals surface area contributed by atoms with Crippen LogP contribution in [0.3, 0.4) is 0 Å². The molecule has 0 N–H and O–H groups in total. The summed E-state index contributed by atoms with van der Waals surface area (Å²) in [5.41, 5.74) is 1.72. The van der Waals surface area contributed by atoms with Gasteiger partial charge in [0.1, 0.15) is 11.9 Å². The monoisotopic (exact) mass is 738 g/mol. The van der Waals surface area contributed by atoms with Crippen molar-refractivity contribution in [1.29, 1.82) is 0 Å². The predicted octanol–water partition coefficient (Wildman–Crippen LogP) is 9.62. The van der Waals surface area contributed by atoms with Gasteiger partial charge in [-0.3, -0.25) is 0 Å². The number of esters is 2. The zero-order valence-corrected chi connectivity index (χ0v) is 31.5. The van der Waals surface area contributed by atoms with Gasteiger partial charge in [-0.2, -0.15) is 0 Å². The smallest absolute Gasteiger partial charge is 0.340 e. The van der Waals surface area contributed by atoms with E-state index < -0.39 is 36.4 Å². The van der Waals surface area contributed by atoms with E-state index in [-0.39, 0.29) is 0 Å². The van der Waals surface area contributed by atoms with Crippen LogP contribution in [0.25, 0.3) is 43.1 Å². The highest BCUT2D eigenvalue weighted by molar-refractivity contribution is 6.06. The zero-order chi connectivity index (χ0) is 38.6. The fraction of sp³-hybridized carbons (Fsp3) is 0.217. The lowest BCUT2D eigenvalue weighted by Crippen LogP contribution is -2.31. The Bertz CT molecular complexity index is 2420. The molecule has 0 radical (unpaired) electrons. The topological polar surface area (TPSA) is 98.8 Å². The third-order valence-corrected chi connectivity index (χ3v) is 10.1. The molecule has 0 heterocycles. The van der Waals surface area contributed by atoms with Gasteiger partial charge in [0.15, 0.2) is 29.8 Å². The molecule has 0 saturated heterocycles. The van der Waals surface area contributed by atoms with Crippen molar-refractivity contribution in [3.05, 3.63) is 138 Å². The van der Waals surface area contributed by atoms with Crippen LogP contribution in [-0.4, -0.2) is 53.6 Å². The lowest BCUT2D eigenvalue weighted by Gasteiger charge is -2.29. The fourth-order valence-corrected chi connectivity index (χ4v) is 7.51. The first-order valence-electron chi connectivity index (χ1n) is 17.9. The molecule has 9 heteroatoms. The molecule has 9 nitrogen and oxygen atoms in total. The number of carbonyl (C=O) groups is 2. The molecular formula is C46H42O9. The summed E-state index contributed by atoms with van der Waals surface area (Å²) in [5, 5.41) is 7.18. The summed E-state index contributed by atoms with van der Waals surface area (Å²) >= 11 is 0. The molecular weight excluding hydrogens is 696 g/mol. The second-order valence-electron chi connectivity index (χ2n) is 13.1. The Kier molecular flexibility index (Phi) is 10.9. The van der Waals surface area contributed by atoms with E-state index in [4.69, 9.17) is 33.2 Å². The molecule has 280 valence electrons. The van der Waals surface area contributed by atoms with Crippen molar-refractivity contribution < 1.29 is 42.7 Å². The highest BCUT2D eigenvalue weighted by Gasteiger charge is 2.37. The van der Waals surface area contributed by atoms with Crippen LogP contribution in [0.5, 0.6) is 17.2 Å². The average molecular weight is 739 g/mol. The van der Waals surface area contributed by atoms with Gasteiger partial charge in [0.25, 0.3) is 0 Å². The number of rotatable bonds is 13. The van der Waals surface area contributed by atoms with E-state index in [1.165, 1.54) is 35.5 Å². The summed E-state index contributed by atoms with van der Waals surface area (Å²) in [6.45, 7) is 1.66. The molecule has 0 unspecified atom stereocenters. The molecule has 0 aliphatic carbocycles. The van der Waals surface area contributed by atoms with Gasteiger partial charge in [0, 0.05) is 37.0 Å². The van der Waals surface area contributed by atoms with Crippen molar-refractivity contribution in [3.63, 3.8) is 0 Å². The Morgan fingerprint density at radius 2 is 0.818 bits per heavy atom. The normalized spacial score (nSPS) is 13.6. The molecule has 0 spiro atoms. The minimum Gasteiger partial charge on any atom is -0.496 e. The SMILES string of the molecule is COc1cc(OC)c([C@@H](OC(=O)[C@H](OC)c2c3ccccc3cc3ccccc23)[C@@H](C)OC(=O)[C@H](OC)c2c3ccccc3cc3ccccc23)cc1OC. The zero-order valence-electron chi connectivity index (χ0n) is 31.5. The van der Waals surface area contributed by atoms with Crippen LogP contribution in [0.15, 0.2) is 121 Å². The number of methoxy groups -OCH3 is 5. The number of fused-ring (bicyclic) bond motifs is 4. The van der Waals surface area contributed by atoms with Gasteiger partial charge >= 0.3 is 11.9 Å². The first-order chi connectivity index (χ1) is 26.8. The number of hydrogen-bond acceptors (Lipinski definition) is 9. The van der Waals surface area contributed by atoms with E-state index in [0.29, 0.717) is 33.9 Å². The summed E-state index contributed by atoms with van der Waals surface area (Å²) in [6, 6.07) is 38.7. The van der Waals surface area contributed by atoms with E-state index in [0.717, 1.165) is 43.1 Å². The van der Waals surface area contributed by atoms with E-state index in [1.807, 2.05) is 97.1 Å². The lowest BCUT2D eigenvalue weighted by molar-refractivity contribution is -0.180. The summed E-state index contributed by atoms with van der Waals surface area (Å²) in [5.74, 6) is -0.279. The molecule has 7 aromatic carbocycles. The van der Waals surface area contributed by atoms with Gasteiger partial charge in [-0.1, -0.05) is 97.1 Å². The second kappa shape index (κ2) is 16.1. The van der Waals surface area contributed by atoms with Crippen LogP contribution in [0, 0.1) is 0 Å². The van der Waals surface area contributed by atoms with Crippen LogP contribution in [0.4, 0.5) is 0 Å². The van der Waals surface area contributed by atoms with Gasteiger partial charge in [-0.05, 0) is 68.2 Å². The van der Waals surface area contributed by atoms with Crippen molar-refractivity contribution in [2.75, 3.05) is 35.5 Å². The quantitative estimate of drug-likeness (QED) is 0.0846. The second-order valence-corrected chi connectivity index (χ2v) is 13.1. The average Bonchev–Trinajstić information content (AvgIpc) is 3.22. The van der Waals surface area contributed by atoms with Crippen LogP contribution in [-0.2, 0) is 28.5 Å². The molecule has 0 fully saturated rings. The van der Waals surface area contributed by atoms with Gasteiger partial charge in [0.05, 0.1) is 21.3 Å². The predicted molar refractivity (Wildman–Crippen MR) is 213 cm³/mol. The molecule has 7 rings (SSSR count). The first-order valence-corrected chi connectivity index (χ1v) is 17.9. The Morgan fingerprint density at radius 1 is 0.455 bits per heavy atom. The van der Waals surface area contributed by atoms with Crippen LogP contribution in [0.2, 0.25) is 0 Å². The highest BCUT2D eigenvalue weighted by Crippen LogP contribution is 2.43. The van der Waals surface area contributed by atoms with Crippen molar-refractivity contribution in [1.82, 2.24) is 0 Å². The molecule has 0 aliphatic rings. The minimum atomic E-state index is -1.20. The standard InChI is InChI=1S/C46H42O9/c1-27(54-45(47)43(52-5)40-32-19-11-7-15-28(32)23-29-16-8-12-20-33(29)40)42(36-25-38(50-3)39(51-4)26-37(36)49-2)55-46(48)44(53-6)41-34-21-13-9-17-30(34)24-31-18-10-14-22-35(31)41/h7-27,42-44H,1-6H3/t27-,42+,43-,44-/m1/s1. The molecule has 55 heavy (non-hydrogen) atoms. The third kappa shape index (κ3) is 7.00. The Hall–Kier alpha value is -6.16. The van der Waals surface area contributed by atoms with Crippen LogP contribution in [0.1, 0.15) is 41.9 Å². The Labute approximate surface area is 319 Å².